The molecule has 0 atom stereocenters. The largest absolute Gasteiger partial charge is 0.328 e. The summed E-state index contributed by atoms with van der Waals surface area (Å²) in [6, 6.07) is 3.38. The van der Waals surface area contributed by atoms with E-state index in [2.05, 4.69) is 14.5 Å². The van der Waals surface area contributed by atoms with Crippen LogP contribution < -0.4 is 0 Å². The van der Waals surface area contributed by atoms with Crippen LogP contribution in [0.1, 0.15) is 12.2 Å². The quantitative estimate of drug-likeness (QED) is 0.538. The van der Waals surface area contributed by atoms with E-state index in [1.807, 2.05) is 36.7 Å². The summed E-state index contributed by atoms with van der Waals surface area (Å²) in [5, 5.41) is 0. The molecule has 1 aromatic heterocycles. The first-order chi connectivity index (χ1) is 9.52. The van der Waals surface area contributed by atoms with Gasteiger partial charge in [-0.15, -0.1) is 11.6 Å². The minimum absolute atomic E-state index is 0.190. The molecule has 20 heavy (non-hydrogen) atoms. The summed E-state index contributed by atoms with van der Waals surface area (Å²) in [6.07, 6.45) is 1.71. The van der Waals surface area contributed by atoms with E-state index < -0.39 is 0 Å². The molecule has 2 rings (SSSR count). The maximum Gasteiger partial charge on any atom is 0.138 e. The average molecular weight is 410 g/mol. The van der Waals surface area contributed by atoms with Crippen molar-refractivity contribution in [3.8, 4) is 0 Å². The normalized spacial score (nSPS) is 11.7. The molecule has 110 valence electrons. The van der Waals surface area contributed by atoms with Crippen LogP contribution >= 0.6 is 34.2 Å². The summed E-state index contributed by atoms with van der Waals surface area (Å²) >= 11 is 7.84. The second-order valence-electron chi connectivity index (χ2n) is 5.03. The van der Waals surface area contributed by atoms with Crippen molar-refractivity contribution in [3.05, 3.63) is 27.3 Å². The Labute approximate surface area is 137 Å². The van der Waals surface area contributed by atoms with Crippen molar-refractivity contribution in [2.75, 3.05) is 26.5 Å². The smallest absolute Gasteiger partial charge is 0.138 e. The molecule has 1 heterocycles. The van der Waals surface area contributed by atoms with Gasteiger partial charge in [0.2, 0.25) is 0 Å². The zero-order chi connectivity index (χ0) is 14.7. The van der Waals surface area contributed by atoms with Gasteiger partial charge in [-0.1, -0.05) is 0 Å². The van der Waals surface area contributed by atoms with E-state index in [9.17, 15) is 4.39 Å². The Morgan fingerprint density at radius 2 is 2.15 bits per heavy atom. The van der Waals surface area contributed by atoms with Crippen LogP contribution in [0.2, 0.25) is 0 Å². The van der Waals surface area contributed by atoms with Crippen molar-refractivity contribution in [2.45, 2.75) is 19.4 Å². The van der Waals surface area contributed by atoms with Crippen molar-refractivity contribution in [1.29, 1.82) is 0 Å². The van der Waals surface area contributed by atoms with E-state index >= 15 is 0 Å². The maximum atomic E-state index is 13.8. The van der Waals surface area contributed by atoms with Crippen LogP contribution in [0, 0.1) is 9.39 Å². The van der Waals surface area contributed by atoms with E-state index in [0.717, 1.165) is 36.4 Å². The van der Waals surface area contributed by atoms with E-state index in [4.69, 9.17) is 11.6 Å². The van der Waals surface area contributed by atoms with Gasteiger partial charge in [0.1, 0.15) is 11.6 Å². The molecule has 3 nitrogen and oxygen atoms in total. The van der Waals surface area contributed by atoms with Crippen LogP contribution in [-0.4, -0.2) is 41.0 Å². The lowest BCUT2D eigenvalue weighted by atomic mass is 10.3. The fourth-order valence-electron chi connectivity index (χ4n) is 2.24. The molecule has 0 aliphatic carbocycles. The lowest BCUT2D eigenvalue weighted by Gasteiger charge is -2.12. The van der Waals surface area contributed by atoms with Crippen molar-refractivity contribution in [2.24, 2.45) is 0 Å². The van der Waals surface area contributed by atoms with Gasteiger partial charge in [0.15, 0.2) is 0 Å². The third kappa shape index (κ3) is 3.62. The highest BCUT2D eigenvalue weighted by molar-refractivity contribution is 14.1. The number of imidazole rings is 1. The lowest BCUT2D eigenvalue weighted by molar-refractivity contribution is 0.386. The summed E-state index contributed by atoms with van der Waals surface area (Å²) in [4.78, 5) is 6.74. The Morgan fingerprint density at radius 3 is 2.80 bits per heavy atom. The summed E-state index contributed by atoms with van der Waals surface area (Å²) in [5.41, 5.74) is 1.71. The highest BCUT2D eigenvalue weighted by Gasteiger charge is 2.13. The second-order valence-corrected chi connectivity index (χ2v) is 6.57. The zero-order valence-corrected chi connectivity index (χ0v) is 14.6. The molecule has 2 aromatic rings. The third-order valence-electron chi connectivity index (χ3n) is 3.17. The Bertz CT molecular complexity index is 598. The first kappa shape index (κ1) is 16.0. The van der Waals surface area contributed by atoms with Crippen molar-refractivity contribution in [1.82, 2.24) is 14.5 Å². The van der Waals surface area contributed by atoms with E-state index in [1.165, 1.54) is 0 Å². The first-order valence-corrected chi connectivity index (χ1v) is 8.19. The first-order valence-electron chi connectivity index (χ1n) is 6.57. The summed E-state index contributed by atoms with van der Waals surface area (Å²) in [7, 11) is 4.10. The van der Waals surface area contributed by atoms with Crippen LogP contribution in [0.25, 0.3) is 11.0 Å². The number of rotatable bonds is 6. The van der Waals surface area contributed by atoms with Gasteiger partial charge in [0.05, 0.1) is 14.6 Å². The molecule has 0 aliphatic heterocycles. The molecule has 0 N–H and O–H groups in total. The number of nitrogens with zero attached hydrogens (tertiary/aromatic N) is 3. The summed E-state index contributed by atoms with van der Waals surface area (Å²) in [5.74, 6) is 1.27. The molecular weight excluding hydrogens is 392 g/mol. The van der Waals surface area contributed by atoms with Crippen LogP contribution in [0.5, 0.6) is 0 Å². The molecule has 0 radical (unpaired) electrons. The Morgan fingerprint density at radius 1 is 1.40 bits per heavy atom. The van der Waals surface area contributed by atoms with Gasteiger partial charge < -0.3 is 9.47 Å². The molecule has 1 aromatic carbocycles. The molecule has 0 saturated carbocycles. The van der Waals surface area contributed by atoms with E-state index in [0.29, 0.717) is 15.9 Å². The molecule has 0 spiro atoms. The van der Waals surface area contributed by atoms with Gasteiger partial charge >= 0.3 is 0 Å². The van der Waals surface area contributed by atoms with Crippen LogP contribution in [0.15, 0.2) is 12.1 Å². The van der Waals surface area contributed by atoms with E-state index in [1.54, 1.807) is 12.1 Å². The molecule has 0 amide bonds. The molecular formula is C14H18ClFIN3. The fourth-order valence-corrected chi connectivity index (χ4v) is 2.86. The highest BCUT2D eigenvalue weighted by Crippen LogP contribution is 2.22. The molecule has 0 aliphatic rings. The van der Waals surface area contributed by atoms with Gasteiger partial charge in [-0.3, -0.25) is 0 Å². The summed E-state index contributed by atoms with van der Waals surface area (Å²) in [6.45, 7) is 1.83. The number of aromatic nitrogens is 2. The number of aryl methyl sites for hydroxylation is 2. The Kier molecular flexibility index (Phi) is 5.63. The minimum Gasteiger partial charge on any atom is -0.328 e. The van der Waals surface area contributed by atoms with Crippen LogP contribution in [0.3, 0.4) is 0 Å². The van der Waals surface area contributed by atoms with Gasteiger partial charge in [-0.05, 0) is 55.7 Å². The van der Waals surface area contributed by atoms with Crippen molar-refractivity contribution in [3.63, 3.8) is 0 Å². The van der Waals surface area contributed by atoms with E-state index in [-0.39, 0.29) is 5.82 Å². The number of benzene rings is 1. The monoisotopic (exact) mass is 409 g/mol. The molecule has 0 fully saturated rings. The Hall–Kier alpha value is -0.400. The van der Waals surface area contributed by atoms with Gasteiger partial charge in [0, 0.05) is 24.9 Å². The third-order valence-corrected chi connectivity index (χ3v) is 4.19. The number of alkyl halides is 1. The topological polar surface area (TPSA) is 21.1 Å². The SMILES string of the molecule is CN(C)CCCn1c(CCCl)nc2cc(I)c(F)cc21. The Balaban J connectivity index is 2.37. The molecule has 0 unspecified atom stereocenters. The molecule has 0 bridgehead atoms. The van der Waals surface area contributed by atoms with Crippen molar-refractivity contribution >= 4 is 45.2 Å². The fraction of sp³-hybridized carbons (Fsp3) is 0.500. The van der Waals surface area contributed by atoms with Gasteiger partial charge in [0.25, 0.3) is 0 Å². The van der Waals surface area contributed by atoms with Gasteiger partial charge in [-0.25, -0.2) is 9.37 Å². The van der Waals surface area contributed by atoms with Crippen LogP contribution in [-0.2, 0) is 13.0 Å². The highest BCUT2D eigenvalue weighted by atomic mass is 127. The predicted octanol–water partition coefficient (Wildman–Crippen LogP) is 3.51. The predicted molar refractivity (Wildman–Crippen MR) is 90.0 cm³/mol. The van der Waals surface area contributed by atoms with Gasteiger partial charge in [-0.2, -0.15) is 0 Å². The molecule has 0 saturated heterocycles. The zero-order valence-electron chi connectivity index (χ0n) is 11.7. The number of halogens is 3. The number of hydrogen-bond donors (Lipinski definition) is 0. The standard InChI is InChI=1S/C14H18ClFIN3/c1-19(2)6-3-7-20-13-8-10(16)11(17)9-12(13)18-14(20)4-5-15/h8-9H,3-7H2,1-2H3. The van der Waals surface area contributed by atoms with Crippen molar-refractivity contribution < 1.29 is 4.39 Å². The summed E-state index contributed by atoms with van der Waals surface area (Å²) < 4.78 is 16.5. The number of fused-ring (bicyclic) bond motifs is 1. The maximum absolute atomic E-state index is 13.8. The lowest BCUT2D eigenvalue weighted by Crippen LogP contribution is -2.16. The average Bonchev–Trinajstić information content (AvgIpc) is 2.68. The van der Waals surface area contributed by atoms with Crippen LogP contribution in [0.4, 0.5) is 4.39 Å². The minimum atomic E-state index is -0.190. The molecule has 6 heteroatoms. The second kappa shape index (κ2) is 7.04. The number of hydrogen-bond acceptors (Lipinski definition) is 2.